The summed E-state index contributed by atoms with van der Waals surface area (Å²) < 4.78 is 0. The molecule has 0 saturated carbocycles. The van der Waals surface area contributed by atoms with Crippen LogP contribution in [0.1, 0.15) is 5.69 Å². The Morgan fingerprint density at radius 2 is 2.15 bits per heavy atom. The smallest absolute Gasteiger partial charge is 0.352 e. The Kier molecular flexibility index (Phi) is 8.69. The first-order valence-corrected chi connectivity index (χ1v) is 13.8. The molecule has 34 heavy (non-hydrogen) atoms. The lowest BCUT2D eigenvalue weighted by atomic mass is 10.0. The van der Waals surface area contributed by atoms with Gasteiger partial charge in [0, 0.05) is 22.6 Å². The van der Waals surface area contributed by atoms with Crippen LogP contribution >= 0.6 is 44.7 Å². The lowest BCUT2D eigenvalue weighted by Crippen LogP contribution is -2.71. The third kappa shape index (κ3) is 5.60. The Morgan fingerprint density at radius 1 is 1.41 bits per heavy atom. The predicted octanol–water partition coefficient (Wildman–Crippen LogP) is -0.392. The molecule has 0 radical (unpaired) electrons. The van der Waals surface area contributed by atoms with E-state index in [4.69, 9.17) is 21.4 Å². The number of thiazole rings is 1. The number of carbonyl (C=O) groups is 4. The number of nitrogens with one attached hydrogen (secondary N) is 1. The molecule has 3 heterocycles. The molecule has 1 saturated heterocycles. The Morgan fingerprint density at radius 3 is 2.74 bits per heavy atom. The number of nitrogen functional groups attached to an aromatic ring is 1. The number of aromatic nitrogens is 1. The van der Waals surface area contributed by atoms with E-state index in [0.29, 0.717) is 11.3 Å². The van der Waals surface area contributed by atoms with Crippen molar-refractivity contribution < 1.29 is 34.2 Å². The van der Waals surface area contributed by atoms with Crippen molar-refractivity contribution in [1.29, 1.82) is 0 Å². The van der Waals surface area contributed by atoms with Gasteiger partial charge in [0.05, 0.1) is 0 Å². The second-order valence-electron chi connectivity index (χ2n) is 6.80. The van der Waals surface area contributed by atoms with Gasteiger partial charge in [-0.05, 0) is 5.57 Å². The van der Waals surface area contributed by atoms with Gasteiger partial charge in [0.2, 0.25) is 0 Å². The molecule has 184 valence electrons. The zero-order valence-corrected chi connectivity index (χ0v) is 20.8. The first kappa shape index (κ1) is 26.1. The number of rotatable bonds is 11. The summed E-state index contributed by atoms with van der Waals surface area (Å²) >= 11 is 2.42. The van der Waals surface area contributed by atoms with Crippen molar-refractivity contribution in [2.45, 2.75) is 17.5 Å². The molecule has 0 aliphatic carbocycles. The molecule has 1 aromatic heterocycles. The molecule has 0 bridgehead atoms. The molecule has 2 aliphatic heterocycles. The summed E-state index contributed by atoms with van der Waals surface area (Å²) in [6.45, 7) is 0. The van der Waals surface area contributed by atoms with Crippen LogP contribution in [0.25, 0.3) is 0 Å². The molecule has 3 rings (SSSR count). The lowest BCUT2D eigenvalue weighted by molar-refractivity contribution is -0.150. The third-order valence-electron chi connectivity index (χ3n) is 4.58. The number of aliphatic carboxylic acids is 2. The average molecular weight is 549 g/mol. The van der Waals surface area contributed by atoms with Gasteiger partial charge in [0.1, 0.15) is 36.0 Å². The highest BCUT2D eigenvalue weighted by atomic mass is 33.1. The maximum atomic E-state index is 12.8. The molecular formula is C17H20N6O7S4. The molecule has 17 heteroatoms. The van der Waals surface area contributed by atoms with Gasteiger partial charge in [-0.2, -0.15) is 0 Å². The van der Waals surface area contributed by atoms with Crippen molar-refractivity contribution in [3.63, 3.8) is 0 Å². The van der Waals surface area contributed by atoms with E-state index in [2.05, 4.69) is 15.5 Å². The van der Waals surface area contributed by atoms with Crippen LogP contribution in [0.4, 0.5) is 5.13 Å². The van der Waals surface area contributed by atoms with Gasteiger partial charge in [0.25, 0.3) is 11.8 Å². The van der Waals surface area contributed by atoms with Crippen molar-refractivity contribution in [3.8, 4) is 0 Å². The number of fused-ring (bicyclic) bond motifs is 1. The second-order valence-corrected chi connectivity index (χ2v) is 11.3. The fraction of sp³-hybridized carbons (Fsp3) is 0.412. The molecule has 2 amide bonds. The van der Waals surface area contributed by atoms with Gasteiger partial charge in [-0.3, -0.25) is 19.3 Å². The number of oxime groups is 1. The third-order valence-corrected chi connectivity index (χ3v) is 8.98. The number of carboxylic acid groups (broad SMARTS) is 2. The number of amides is 2. The molecule has 0 unspecified atom stereocenters. The topological polar surface area (TPSA) is 211 Å². The van der Waals surface area contributed by atoms with Crippen molar-refractivity contribution in [2.75, 3.05) is 30.1 Å². The number of carboxylic acids is 2. The Hall–Kier alpha value is -2.47. The van der Waals surface area contributed by atoms with Gasteiger partial charge in [-0.15, -0.1) is 23.1 Å². The summed E-state index contributed by atoms with van der Waals surface area (Å²) in [5.41, 5.74) is 11.5. The molecule has 1 aromatic rings. The minimum atomic E-state index is -1.26. The quantitative estimate of drug-likeness (QED) is 0.0785. The van der Waals surface area contributed by atoms with Crippen LogP contribution in [0.5, 0.6) is 0 Å². The number of anilines is 1. The first-order chi connectivity index (χ1) is 16.1. The molecule has 3 atom stereocenters. The van der Waals surface area contributed by atoms with Crippen LogP contribution in [0.2, 0.25) is 0 Å². The highest BCUT2D eigenvalue weighted by Crippen LogP contribution is 2.42. The number of thioether (sulfide) groups is 1. The minimum absolute atomic E-state index is 0.132. The van der Waals surface area contributed by atoms with Gasteiger partial charge in [-0.25, -0.2) is 9.78 Å². The van der Waals surface area contributed by atoms with Crippen LogP contribution in [0.15, 0.2) is 21.8 Å². The monoisotopic (exact) mass is 548 g/mol. The maximum absolute atomic E-state index is 12.8. The number of hydrogen-bond donors (Lipinski definition) is 5. The van der Waals surface area contributed by atoms with Crippen LogP contribution in [0.3, 0.4) is 0 Å². The van der Waals surface area contributed by atoms with Gasteiger partial charge < -0.3 is 31.8 Å². The summed E-state index contributed by atoms with van der Waals surface area (Å²) in [5.74, 6) is -2.91. The number of hydrogen-bond acceptors (Lipinski definition) is 13. The Balaban J connectivity index is 1.67. The van der Waals surface area contributed by atoms with E-state index >= 15 is 0 Å². The molecule has 0 spiro atoms. The first-order valence-electron chi connectivity index (χ1n) is 9.41. The van der Waals surface area contributed by atoms with E-state index in [1.807, 2.05) is 0 Å². The summed E-state index contributed by atoms with van der Waals surface area (Å²) in [7, 11) is 3.73. The summed E-state index contributed by atoms with van der Waals surface area (Å²) in [4.78, 5) is 58.1. The average Bonchev–Trinajstić information content (AvgIpc) is 3.23. The summed E-state index contributed by atoms with van der Waals surface area (Å²) in [6.07, 6.45) is 0. The number of nitrogens with two attached hydrogens (primary N) is 2. The lowest BCUT2D eigenvalue weighted by Gasteiger charge is -2.49. The summed E-state index contributed by atoms with van der Waals surface area (Å²) in [6, 6.07) is -1.98. The predicted molar refractivity (Wildman–Crippen MR) is 130 cm³/mol. The molecular weight excluding hydrogens is 528 g/mol. The normalized spacial score (nSPS) is 20.9. The fourth-order valence-electron chi connectivity index (χ4n) is 3.00. The van der Waals surface area contributed by atoms with E-state index in [0.717, 1.165) is 16.2 Å². The van der Waals surface area contributed by atoms with E-state index in [1.165, 1.54) is 45.8 Å². The highest BCUT2D eigenvalue weighted by Gasteiger charge is 2.54. The molecule has 7 N–H and O–H groups in total. The van der Waals surface area contributed by atoms with Crippen molar-refractivity contribution in [2.24, 2.45) is 10.9 Å². The van der Waals surface area contributed by atoms with Crippen LogP contribution in [-0.2, 0) is 24.0 Å². The van der Waals surface area contributed by atoms with Gasteiger partial charge in [0.15, 0.2) is 10.8 Å². The van der Waals surface area contributed by atoms with Gasteiger partial charge in [-0.1, -0.05) is 26.7 Å². The van der Waals surface area contributed by atoms with E-state index in [9.17, 15) is 24.3 Å². The van der Waals surface area contributed by atoms with E-state index in [-0.39, 0.29) is 33.7 Å². The zero-order valence-electron chi connectivity index (χ0n) is 17.5. The van der Waals surface area contributed by atoms with E-state index in [1.54, 1.807) is 0 Å². The number of nitrogens with zero attached hydrogens (tertiary/aromatic N) is 3. The zero-order chi connectivity index (χ0) is 25.0. The number of carbonyl (C=O) groups excluding carboxylic acids is 2. The molecule has 0 aromatic carbocycles. The van der Waals surface area contributed by atoms with Crippen molar-refractivity contribution in [1.82, 2.24) is 15.2 Å². The fourth-order valence-corrected chi connectivity index (χ4v) is 7.28. The molecule has 1 fully saturated rings. The van der Waals surface area contributed by atoms with E-state index < -0.39 is 41.2 Å². The van der Waals surface area contributed by atoms with Crippen LogP contribution in [-0.4, -0.2) is 91.4 Å². The van der Waals surface area contributed by atoms with Crippen molar-refractivity contribution in [3.05, 3.63) is 22.3 Å². The largest absolute Gasteiger partial charge is 0.480 e. The minimum Gasteiger partial charge on any atom is -0.480 e. The highest BCUT2D eigenvalue weighted by molar-refractivity contribution is 8.76. The summed E-state index contributed by atoms with van der Waals surface area (Å²) in [5, 5.41) is 26.0. The van der Waals surface area contributed by atoms with Crippen molar-refractivity contribution >= 4 is 79.3 Å². The van der Waals surface area contributed by atoms with Crippen LogP contribution < -0.4 is 16.8 Å². The Labute approximate surface area is 209 Å². The molecule has 2 aliphatic rings. The second kappa shape index (κ2) is 11.3. The Bertz CT molecular complexity index is 1060. The standard InChI is InChI=1S/C17H20N6O7S4/c1-30-22-9(8-5-32-17(19)20-8)12(24)21-10-13(25)23-11(16(28)29)6(2-31-14(10)23)3-33-34-4-7(18)15(26)27/h5,7,10,14H,2-4,18H2,1H3,(H2,19,20)(H,21,24)(H,26,27)(H,28,29)/b22-9-/t7-,10+,14+/m0/s1. The SMILES string of the molecule is CO/N=C(\C(=O)N[C@@H]1C(=O)N2C(C(=O)O)=C(CSSC[C@H](N)C(=O)O)CS[C@H]12)c1csc(N)n1. The van der Waals surface area contributed by atoms with Gasteiger partial charge >= 0.3 is 11.9 Å². The van der Waals surface area contributed by atoms with Crippen LogP contribution in [0, 0.1) is 0 Å². The molecule has 13 nitrogen and oxygen atoms in total. The number of β-lactam (4-membered cyclic amide) rings is 1. The maximum Gasteiger partial charge on any atom is 0.352 e.